The Morgan fingerprint density at radius 3 is 2.63 bits per heavy atom. The lowest BCUT2D eigenvalue weighted by atomic mass is 10.2. The van der Waals surface area contributed by atoms with Crippen LogP contribution in [0.2, 0.25) is 0 Å². The molecule has 4 N–H and O–H groups in total. The van der Waals surface area contributed by atoms with Gasteiger partial charge in [-0.05, 0) is 36.8 Å². The Labute approximate surface area is 157 Å². The van der Waals surface area contributed by atoms with E-state index in [2.05, 4.69) is 36.2 Å². The molecule has 1 aromatic carbocycles. The molecule has 27 heavy (non-hydrogen) atoms. The van der Waals surface area contributed by atoms with Crippen LogP contribution in [-0.2, 0) is 0 Å². The van der Waals surface area contributed by atoms with E-state index in [1.165, 1.54) is 6.33 Å². The first-order chi connectivity index (χ1) is 13.2. The highest BCUT2D eigenvalue weighted by molar-refractivity contribution is 5.89. The number of aryl methyl sites for hydroxylation is 1. The smallest absolute Gasteiger partial charge is 0.319 e. The number of pyridine rings is 1. The fourth-order valence-corrected chi connectivity index (χ4v) is 2.35. The standard InChI is InChI=1S/C19H21N7O/c1-14-5-4-6-15(11-14)25-19(27)22-10-9-21-17-12-18(24-13-23-17)26-16-7-2-3-8-20-16/h2-8,11-13H,9-10H2,1H3,(H2,22,25,27)(H2,20,21,23,24,26). The van der Waals surface area contributed by atoms with Gasteiger partial charge in [-0.1, -0.05) is 18.2 Å². The predicted molar refractivity (Wildman–Crippen MR) is 106 cm³/mol. The van der Waals surface area contributed by atoms with Gasteiger partial charge >= 0.3 is 6.03 Å². The Hall–Kier alpha value is -3.68. The molecule has 8 heteroatoms. The molecule has 0 bridgehead atoms. The van der Waals surface area contributed by atoms with Crippen LogP contribution in [0.1, 0.15) is 5.56 Å². The maximum atomic E-state index is 11.9. The van der Waals surface area contributed by atoms with Crippen molar-refractivity contribution < 1.29 is 4.79 Å². The second-order valence-corrected chi connectivity index (χ2v) is 5.81. The molecule has 2 amide bonds. The van der Waals surface area contributed by atoms with Crippen LogP contribution in [0.25, 0.3) is 0 Å². The SMILES string of the molecule is Cc1cccc(NC(=O)NCCNc2cc(Nc3ccccn3)ncn2)c1. The fourth-order valence-electron chi connectivity index (χ4n) is 2.35. The number of carbonyl (C=O) groups excluding carboxylic acids is 1. The van der Waals surface area contributed by atoms with Crippen molar-refractivity contribution in [1.82, 2.24) is 20.3 Å². The van der Waals surface area contributed by atoms with Gasteiger partial charge in [0, 0.05) is 31.0 Å². The summed E-state index contributed by atoms with van der Waals surface area (Å²) in [7, 11) is 0. The molecule has 3 aromatic rings. The molecule has 0 aliphatic heterocycles. The van der Waals surface area contributed by atoms with Gasteiger partial charge in [0.15, 0.2) is 0 Å². The van der Waals surface area contributed by atoms with Crippen LogP contribution in [0, 0.1) is 6.92 Å². The molecule has 138 valence electrons. The third-order valence-electron chi connectivity index (χ3n) is 3.58. The monoisotopic (exact) mass is 363 g/mol. The second kappa shape index (κ2) is 9.14. The summed E-state index contributed by atoms with van der Waals surface area (Å²) in [6.07, 6.45) is 3.17. The Morgan fingerprint density at radius 1 is 0.926 bits per heavy atom. The van der Waals surface area contributed by atoms with Crippen LogP contribution < -0.4 is 21.3 Å². The minimum absolute atomic E-state index is 0.248. The number of urea groups is 1. The molecule has 0 fully saturated rings. The molecule has 0 aliphatic rings. The molecule has 0 radical (unpaired) electrons. The number of nitrogens with zero attached hydrogens (tertiary/aromatic N) is 3. The number of carbonyl (C=O) groups is 1. The Bertz CT molecular complexity index is 886. The van der Waals surface area contributed by atoms with Crippen LogP contribution >= 0.6 is 0 Å². The first-order valence-corrected chi connectivity index (χ1v) is 8.54. The summed E-state index contributed by atoms with van der Waals surface area (Å²) in [6.45, 7) is 2.96. The number of amides is 2. The molecule has 2 heterocycles. The zero-order valence-corrected chi connectivity index (χ0v) is 14.9. The number of hydrogen-bond acceptors (Lipinski definition) is 6. The predicted octanol–water partition coefficient (Wildman–Crippen LogP) is 3.16. The van der Waals surface area contributed by atoms with E-state index >= 15 is 0 Å². The summed E-state index contributed by atoms with van der Waals surface area (Å²) in [5.74, 6) is 2.00. The number of rotatable bonds is 7. The Balaban J connectivity index is 1.42. The molecule has 0 spiro atoms. The van der Waals surface area contributed by atoms with Crippen LogP contribution in [0.5, 0.6) is 0 Å². The van der Waals surface area contributed by atoms with E-state index in [0.717, 1.165) is 11.3 Å². The molecule has 2 aromatic heterocycles. The summed E-state index contributed by atoms with van der Waals surface area (Å²) < 4.78 is 0. The van der Waals surface area contributed by atoms with Gasteiger partial charge in [0.25, 0.3) is 0 Å². The van der Waals surface area contributed by atoms with Crippen LogP contribution in [-0.4, -0.2) is 34.1 Å². The van der Waals surface area contributed by atoms with E-state index in [-0.39, 0.29) is 6.03 Å². The van der Waals surface area contributed by atoms with Crippen molar-refractivity contribution in [2.75, 3.05) is 29.0 Å². The van der Waals surface area contributed by atoms with Gasteiger partial charge in [-0.2, -0.15) is 0 Å². The van der Waals surface area contributed by atoms with Crippen molar-refractivity contribution in [1.29, 1.82) is 0 Å². The lowest BCUT2D eigenvalue weighted by Crippen LogP contribution is -2.32. The highest BCUT2D eigenvalue weighted by atomic mass is 16.2. The highest BCUT2D eigenvalue weighted by Crippen LogP contribution is 2.13. The maximum absolute atomic E-state index is 11.9. The van der Waals surface area contributed by atoms with Crippen LogP contribution in [0.4, 0.5) is 27.9 Å². The minimum Gasteiger partial charge on any atom is -0.368 e. The molecule has 0 aliphatic carbocycles. The van der Waals surface area contributed by atoms with Crippen molar-refractivity contribution >= 4 is 29.2 Å². The molecule has 0 unspecified atom stereocenters. The van der Waals surface area contributed by atoms with E-state index in [1.54, 1.807) is 12.3 Å². The lowest BCUT2D eigenvalue weighted by molar-refractivity contribution is 0.252. The van der Waals surface area contributed by atoms with E-state index in [1.807, 2.05) is 49.4 Å². The second-order valence-electron chi connectivity index (χ2n) is 5.81. The summed E-state index contributed by atoms with van der Waals surface area (Å²) in [5, 5.41) is 11.8. The molecule has 0 saturated carbocycles. The molecule has 0 atom stereocenters. The highest BCUT2D eigenvalue weighted by Gasteiger charge is 2.02. The van der Waals surface area contributed by atoms with Gasteiger partial charge in [0.1, 0.15) is 23.8 Å². The molecular formula is C19H21N7O. The number of hydrogen-bond donors (Lipinski definition) is 4. The normalized spacial score (nSPS) is 10.1. The first-order valence-electron chi connectivity index (χ1n) is 8.54. The van der Waals surface area contributed by atoms with E-state index in [9.17, 15) is 4.79 Å². The molecule has 3 rings (SSSR count). The number of anilines is 4. The summed E-state index contributed by atoms with van der Waals surface area (Å²) in [5.41, 5.74) is 1.86. The molecular weight excluding hydrogens is 342 g/mol. The van der Waals surface area contributed by atoms with Crippen molar-refractivity contribution in [3.8, 4) is 0 Å². The number of aromatic nitrogens is 3. The average Bonchev–Trinajstić information content (AvgIpc) is 2.66. The lowest BCUT2D eigenvalue weighted by Gasteiger charge is -2.10. The largest absolute Gasteiger partial charge is 0.368 e. The number of benzene rings is 1. The van der Waals surface area contributed by atoms with Crippen LogP contribution in [0.3, 0.4) is 0 Å². The minimum atomic E-state index is -0.248. The van der Waals surface area contributed by atoms with E-state index < -0.39 is 0 Å². The van der Waals surface area contributed by atoms with Gasteiger partial charge in [0.05, 0.1) is 0 Å². The molecule has 8 nitrogen and oxygen atoms in total. The average molecular weight is 363 g/mol. The van der Waals surface area contributed by atoms with Crippen molar-refractivity contribution in [3.05, 3.63) is 66.6 Å². The Kier molecular flexibility index (Phi) is 6.13. The zero-order chi connectivity index (χ0) is 18.9. The van der Waals surface area contributed by atoms with Crippen LogP contribution in [0.15, 0.2) is 61.1 Å². The Morgan fingerprint density at radius 2 is 1.81 bits per heavy atom. The van der Waals surface area contributed by atoms with Crippen molar-refractivity contribution in [3.63, 3.8) is 0 Å². The van der Waals surface area contributed by atoms with E-state index in [0.29, 0.717) is 30.5 Å². The maximum Gasteiger partial charge on any atom is 0.319 e. The van der Waals surface area contributed by atoms with Crippen molar-refractivity contribution in [2.45, 2.75) is 6.92 Å². The van der Waals surface area contributed by atoms with E-state index in [4.69, 9.17) is 0 Å². The van der Waals surface area contributed by atoms with Gasteiger partial charge in [0.2, 0.25) is 0 Å². The summed E-state index contributed by atoms with van der Waals surface area (Å²) in [6, 6.07) is 14.8. The first kappa shape index (κ1) is 18.1. The quantitative estimate of drug-likeness (QED) is 0.481. The third kappa shape index (κ3) is 5.96. The third-order valence-corrected chi connectivity index (χ3v) is 3.58. The van der Waals surface area contributed by atoms with Gasteiger partial charge in [-0.25, -0.2) is 19.7 Å². The summed E-state index contributed by atoms with van der Waals surface area (Å²) >= 11 is 0. The molecule has 0 saturated heterocycles. The van der Waals surface area contributed by atoms with Crippen molar-refractivity contribution in [2.24, 2.45) is 0 Å². The zero-order valence-electron chi connectivity index (χ0n) is 14.9. The fraction of sp³-hybridized carbons (Fsp3) is 0.158. The van der Waals surface area contributed by atoms with Gasteiger partial charge in [-0.3, -0.25) is 0 Å². The summed E-state index contributed by atoms with van der Waals surface area (Å²) in [4.78, 5) is 24.4. The van der Waals surface area contributed by atoms with Gasteiger partial charge < -0.3 is 21.3 Å². The topological polar surface area (TPSA) is 104 Å². The number of nitrogens with one attached hydrogen (secondary N) is 4. The van der Waals surface area contributed by atoms with Gasteiger partial charge in [-0.15, -0.1) is 0 Å².